The van der Waals surface area contributed by atoms with Crippen LogP contribution in [-0.4, -0.2) is 19.2 Å². The molecular weight excluding hydrogens is 358 g/mol. The number of benzene rings is 1. The zero-order valence-electron chi connectivity index (χ0n) is 12.5. The Morgan fingerprint density at radius 2 is 1.91 bits per heavy atom. The van der Waals surface area contributed by atoms with Gasteiger partial charge in [-0.05, 0) is 24.6 Å². The molecule has 0 bridgehead atoms. The average molecular weight is 378 g/mol. The van der Waals surface area contributed by atoms with Crippen LogP contribution in [0.1, 0.15) is 45.4 Å². The predicted octanol–water partition coefficient (Wildman–Crippen LogP) is 5.68. The molecule has 0 N–H and O–H groups in total. The summed E-state index contributed by atoms with van der Waals surface area (Å²) in [6.07, 6.45) is 7.72. The van der Waals surface area contributed by atoms with E-state index in [1.54, 1.807) is 23.9 Å². The molecule has 1 aromatic carbocycles. The molecule has 0 saturated heterocycles. The maximum atomic E-state index is 11.3. The van der Waals surface area contributed by atoms with Crippen molar-refractivity contribution in [2.75, 3.05) is 5.75 Å². The van der Waals surface area contributed by atoms with Crippen LogP contribution in [0.3, 0.4) is 0 Å². The molecule has 0 unspecified atom stereocenters. The minimum absolute atomic E-state index is 0.137. The molecule has 0 atom stereocenters. The number of aromatic nitrogens is 1. The molecule has 0 aliphatic heterocycles. The van der Waals surface area contributed by atoms with Gasteiger partial charge in [0, 0.05) is 16.4 Å². The van der Waals surface area contributed by atoms with Crippen molar-refractivity contribution in [2.45, 2.75) is 54.7 Å². The zero-order chi connectivity index (χ0) is 16.0. The first-order valence-corrected chi connectivity index (χ1v) is 11.6. The Morgan fingerprint density at radius 1 is 1.18 bits per heavy atom. The van der Waals surface area contributed by atoms with Gasteiger partial charge in [-0.1, -0.05) is 50.8 Å². The Kier molecular flexibility index (Phi) is 6.99. The third-order valence-corrected chi connectivity index (χ3v) is 6.94. The molecule has 0 radical (unpaired) electrons. The lowest BCUT2D eigenvalue weighted by Crippen LogP contribution is -1.88. The minimum Gasteiger partial charge on any atom is -0.230 e. The van der Waals surface area contributed by atoms with Crippen LogP contribution in [0, 0.1) is 0 Å². The molecular formula is C15H20ClNO2S3. The Labute approximate surface area is 144 Å². The maximum absolute atomic E-state index is 11.3. The fourth-order valence-corrected chi connectivity index (χ4v) is 5.17. The van der Waals surface area contributed by atoms with Crippen molar-refractivity contribution in [3.63, 3.8) is 0 Å². The molecule has 1 aromatic heterocycles. The van der Waals surface area contributed by atoms with Crippen molar-refractivity contribution in [1.82, 2.24) is 4.98 Å². The van der Waals surface area contributed by atoms with E-state index < -0.39 is 9.05 Å². The van der Waals surface area contributed by atoms with Gasteiger partial charge in [-0.15, -0.1) is 11.3 Å². The molecule has 0 aliphatic carbocycles. The molecule has 3 nitrogen and oxygen atoms in total. The van der Waals surface area contributed by atoms with Crippen LogP contribution < -0.4 is 0 Å². The fraction of sp³-hybridized carbons (Fsp3) is 0.533. The highest BCUT2D eigenvalue weighted by Crippen LogP contribution is 2.32. The molecule has 22 heavy (non-hydrogen) atoms. The summed E-state index contributed by atoms with van der Waals surface area (Å²) >= 11 is 3.28. The first-order chi connectivity index (χ1) is 10.5. The smallest absolute Gasteiger partial charge is 0.230 e. The van der Waals surface area contributed by atoms with Gasteiger partial charge >= 0.3 is 0 Å². The molecule has 0 aliphatic rings. The van der Waals surface area contributed by atoms with Gasteiger partial charge in [0.1, 0.15) is 0 Å². The average Bonchev–Trinajstić information content (AvgIpc) is 2.87. The van der Waals surface area contributed by atoms with E-state index in [1.807, 2.05) is 0 Å². The van der Waals surface area contributed by atoms with E-state index in [1.165, 1.54) is 55.9 Å². The lowest BCUT2D eigenvalue weighted by Gasteiger charge is -1.99. The Bertz CT molecular complexity index is 713. The monoisotopic (exact) mass is 377 g/mol. The number of nitrogens with zero attached hydrogens (tertiary/aromatic N) is 1. The number of hydrogen-bond donors (Lipinski definition) is 0. The third kappa shape index (κ3) is 5.41. The van der Waals surface area contributed by atoms with Crippen molar-refractivity contribution in [1.29, 1.82) is 0 Å². The van der Waals surface area contributed by atoms with Crippen LogP contribution in [-0.2, 0) is 9.05 Å². The summed E-state index contributed by atoms with van der Waals surface area (Å²) in [4.78, 5) is 4.66. The Hall–Kier alpha value is -0.300. The van der Waals surface area contributed by atoms with E-state index in [-0.39, 0.29) is 4.90 Å². The molecule has 0 amide bonds. The van der Waals surface area contributed by atoms with Crippen molar-refractivity contribution >= 4 is 53.0 Å². The SMILES string of the molecule is CCCCCCCCSc1nc2ccc(S(=O)(=O)Cl)cc2s1. The molecule has 0 fully saturated rings. The highest BCUT2D eigenvalue weighted by atomic mass is 35.7. The molecule has 2 aromatic rings. The second-order valence-corrected chi connectivity index (χ2v) is 10.1. The highest BCUT2D eigenvalue weighted by Gasteiger charge is 2.12. The highest BCUT2D eigenvalue weighted by molar-refractivity contribution is 8.13. The minimum atomic E-state index is -3.67. The standard InChI is InChI=1S/C15H20ClNO2S3/c1-2-3-4-5-6-7-10-20-15-17-13-9-8-12(22(16,18)19)11-14(13)21-15/h8-9,11H,2-7,10H2,1H3. The summed E-state index contributed by atoms with van der Waals surface area (Å²) in [5.74, 6) is 1.06. The van der Waals surface area contributed by atoms with Crippen LogP contribution in [0.4, 0.5) is 0 Å². The van der Waals surface area contributed by atoms with E-state index in [2.05, 4.69) is 11.9 Å². The van der Waals surface area contributed by atoms with Crippen LogP contribution in [0.25, 0.3) is 10.2 Å². The fourth-order valence-electron chi connectivity index (χ4n) is 2.14. The van der Waals surface area contributed by atoms with Gasteiger partial charge in [0.05, 0.1) is 15.1 Å². The lowest BCUT2D eigenvalue weighted by atomic mass is 10.1. The maximum Gasteiger partial charge on any atom is 0.261 e. The molecule has 0 spiro atoms. The number of thioether (sulfide) groups is 1. The second kappa shape index (κ2) is 8.52. The van der Waals surface area contributed by atoms with Crippen LogP contribution in [0.15, 0.2) is 27.4 Å². The third-order valence-electron chi connectivity index (χ3n) is 3.35. The molecule has 122 valence electrons. The van der Waals surface area contributed by atoms with Crippen molar-refractivity contribution in [2.24, 2.45) is 0 Å². The zero-order valence-corrected chi connectivity index (χ0v) is 15.8. The summed E-state index contributed by atoms with van der Waals surface area (Å²) < 4.78 is 24.6. The van der Waals surface area contributed by atoms with E-state index in [0.29, 0.717) is 0 Å². The van der Waals surface area contributed by atoms with E-state index in [0.717, 1.165) is 20.3 Å². The van der Waals surface area contributed by atoms with Gasteiger partial charge in [-0.2, -0.15) is 0 Å². The summed E-state index contributed by atoms with van der Waals surface area (Å²) in [5.41, 5.74) is 0.833. The molecule has 2 rings (SSSR count). The van der Waals surface area contributed by atoms with Gasteiger partial charge in [0.2, 0.25) is 0 Å². The summed E-state index contributed by atoms with van der Waals surface area (Å²) in [5, 5.41) is 0. The second-order valence-electron chi connectivity index (χ2n) is 5.16. The number of halogens is 1. The van der Waals surface area contributed by atoms with Crippen LogP contribution in [0.5, 0.6) is 0 Å². The normalized spacial score (nSPS) is 12.1. The predicted molar refractivity (Wildman–Crippen MR) is 96.8 cm³/mol. The topological polar surface area (TPSA) is 47.0 Å². The van der Waals surface area contributed by atoms with Crippen molar-refractivity contribution in [3.05, 3.63) is 18.2 Å². The van der Waals surface area contributed by atoms with Crippen LogP contribution in [0.2, 0.25) is 0 Å². The Balaban J connectivity index is 1.88. The van der Waals surface area contributed by atoms with E-state index >= 15 is 0 Å². The van der Waals surface area contributed by atoms with Gasteiger partial charge in [0.25, 0.3) is 9.05 Å². The molecule has 0 saturated carbocycles. The van der Waals surface area contributed by atoms with E-state index in [9.17, 15) is 8.42 Å². The van der Waals surface area contributed by atoms with Gasteiger partial charge < -0.3 is 0 Å². The molecule has 7 heteroatoms. The van der Waals surface area contributed by atoms with Crippen LogP contribution >= 0.6 is 33.8 Å². The molecule has 1 heterocycles. The Morgan fingerprint density at radius 3 is 2.64 bits per heavy atom. The quantitative estimate of drug-likeness (QED) is 0.320. The summed E-state index contributed by atoms with van der Waals surface area (Å²) in [6, 6.07) is 4.83. The van der Waals surface area contributed by atoms with Gasteiger partial charge in [0.15, 0.2) is 4.34 Å². The number of rotatable bonds is 9. The number of unbranched alkanes of at least 4 members (excludes halogenated alkanes) is 5. The summed E-state index contributed by atoms with van der Waals surface area (Å²) in [6.45, 7) is 2.23. The van der Waals surface area contributed by atoms with Gasteiger partial charge in [-0.3, -0.25) is 0 Å². The number of thiazole rings is 1. The largest absolute Gasteiger partial charge is 0.261 e. The van der Waals surface area contributed by atoms with E-state index in [4.69, 9.17) is 10.7 Å². The lowest BCUT2D eigenvalue weighted by molar-refractivity contribution is 0.609. The van der Waals surface area contributed by atoms with Gasteiger partial charge in [-0.25, -0.2) is 13.4 Å². The van der Waals surface area contributed by atoms with Crippen molar-refractivity contribution < 1.29 is 8.42 Å². The first kappa shape index (κ1) is 18.0. The number of fused-ring (bicyclic) bond motifs is 1. The first-order valence-electron chi connectivity index (χ1n) is 7.49. The van der Waals surface area contributed by atoms with Crippen molar-refractivity contribution in [3.8, 4) is 0 Å². The summed E-state index contributed by atoms with van der Waals surface area (Å²) in [7, 11) is 1.70. The number of hydrogen-bond acceptors (Lipinski definition) is 5.